The van der Waals surface area contributed by atoms with E-state index in [9.17, 15) is 9.59 Å². The van der Waals surface area contributed by atoms with Gasteiger partial charge in [-0.1, -0.05) is 45.0 Å². The predicted molar refractivity (Wildman–Crippen MR) is 83.6 cm³/mol. The molecule has 0 aliphatic rings. The number of aryl methyl sites for hydroxylation is 1. The third-order valence-electron chi connectivity index (χ3n) is 3.36. The van der Waals surface area contributed by atoms with Crippen molar-refractivity contribution < 1.29 is 9.59 Å². The highest BCUT2D eigenvalue weighted by molar-refractivity contribution is 5.85. The second-order valence-corrected chi connectivity index (χ2v) is 5.37. The number of carbonyl (C=O) groups excluding carboxylic acids is 2. The number of amides is 2. The van der Waals surface area contributed by atoms with E-state index in [1.54, 1.807) is 0 Å². The molecule has 2 amide bonds. The van der Waals surface area contributed by atoms with Crippen LogP contribution in [0.15, 0.2) is 24.3 Å². The lowest BCUT2D eigenvalue weighted by molar-refractivity contribution is -0.126. The Bertz CT molecular complexity index is 469. The van der Waals surface area contributed by atoms with E-state index in [4.69, 9.17) is 5.73 Å². The molecule has 5 heteroatoms. The van der Waals surface area contributed by atoms with Crippen LogP contribution in [0.25, 0.3) is 0 Å². The average molecular weight is 291 g/mol. The lowest BCUT2D eigenvalue weighted by Gasteiger charge is -2.23. The molecule has 1 unspecified atom stereocenters. The lowest BCUT2D eigenvalue weighted by Crippen LogP contribution is -2.41. The van der Waals surface area contributed by atoms with Crippen LogP contribution < -0.4 is 16.4 Å². The second kappa shape index (κ2) is 8.42. The quantitative estimate of drug-likeness (QED) is 0.704. The maximum Gasteiger partial charge on any atom is 0.239 e. The van der Waals surface area contributed by atoms with Crippen molar-refractivity contribution in [3.63, 3.8) is 0 Å². The number of hydrogen-bond acceptors (Lipinski definition) is 3. The molecule has 1 aromatic carbocycles. The van der Waals surface area contributed by atoms with Crippen LogP contribution in [0, 0.1) is 5.92 Å². The van der Waals surface area contributed by atoms with Gasteiger partial charge in [0.15, 0.2) is 0 Å². The van der Waals surface area contributed by atoms with Crippen LogP contribution >= 0.6 is 0 Å². The fourth-order valence-electron chi connectivity index (χ4n) is 2.07. The molecule has 0 heterocycles. The van der Waals surface area contributed by atoms with E-state index in [0.717, 1.165) is 12.0 Å². The fourth-order valence-corrected chi connectivity index (χ4v) is 2.07. The largest absolute Gasteiger partial charge is 0.348 e. The molecular weight excluding hydrogens is 266 g/mol. The number of carbonyl (C=O) groups is 2. The van der Waals surface area contributed by atoms with E-state index in [0.29, 0.717) is 0 Å². The molecule has 0 saturated heterocycles. The summed E-state index contributed by atoms with van der Waals surface area (Å²) in [6, 6.07) is 8.17. The Balaban J connectivity index is 2.68. The molecule has 0 bridgehead atoms. The van der Waals surface area contributed by atoms with Crippen molar-refractivity contribution in [1.29, 1.82) is 0 Å². The highest BCUT2D eigenvalue weighted by Gasteiger charge is 2.18. The summed E-state index contributed by atoms with van der Waals surface area (Å²) in [5, 5.41) is 5.43. The minimum Gasteiger partial charge on any atom is -0.348 e. The molecule has 0 saturated carbocycles. The summed E-state index contributed by atoms with van der Waals surface area (Å²) < 4.78 is 0. The SMILES string of the molecule is CCc1ccc(C(NC(=O)CNC(=O)CN)C(C)C)cc1. The van der Waals surface area contributed by atoms with Crippen LogP contribution in [0.2, 0.25) is 0 Å². The summed E-state index contributed by atoms with van der Waals surface area (Å²) in [6.45, 7) is 6.05. The van der Waals surface area contributed by atoms with Crippen molar-refractivity contribution in [2.45, 2.75) is 33.2 Å². The smallest absolute Gasteiger partial charge is 0.239 e. The Labute approximate surface area is 126 Å². The molecule has 1 aromatic rings. The van der Waals surface area contributed by atoms with Gasteiger partial charge in [0.1, 0.15) is 0 Å². The first kappa shape index (κ1) is 17.2. The van der Waals surface area contributed by atoms with Gasteiger partial charge in [0.05, 0.1) is 19.1 Å². The number of nitrogens with two attached hydrogens (primary N) is 1. The van der Waals surface area contributed by atoms with Crippen LogP contribution in [-0.2, 0) is 16.0 Å². The van der Waals surface area contributed by atoms with Gasteiger partial charge in [-0.15, -0.1) is 0 Å². The maximum absolute atomic E-state index is 11.9. The van der Waals surface area contributed by atoms with Crippen LogP contribution in [0.1, 0.15) is 37.9 Å². The number of nitrogens with one attached hydrogen (secondary N) is 2. The van der Waals surface area contributed by atoms with Crippen LogP contribution in [-0.4, -0.2) is 24.9 Å². The Morgan fingerprint density at radius 3 is 2.24 bits per heavy atom. The summed E-state index contributed by atoms with van der Waals surface area (Å²) in [5.41, 5.74) is 7.52. The molecule has 0 aromatic heterocycles. The summed E-state index contributed by atoms with van der Waals surface area (Å²) in [6.07, 6.45) is 0.990. The second-order valence-electron chi connectivity index (χ2n) is 5.37. The molecule has 116 valence electrons. The van der Waals surface area contributed by atoms with Gasteiger partial charge in [0.2, 0.25) is 11.8 Å². The first-order valence-electron chi connectivity index (χ1n) is 7.32. The van der Waals surface area contributed by atoms with Crippen molar-refractivity contribution in [1.82, 2.24) is 10.6 Å². The zero-order valence-corrected chi connectivity index (χ0v) is 13.0. The van der Waals surface area contributed by atoms with Crippen molar-refractivity contribution in [2.24, 2.45) is 11.7 Å². The molecular formula is C16H25N3O2. The number of rotatable bonds is 7. The molecule has 5 nitrogen and oxygen atoms in total. The molecule has 1 rings (SSSR count). The molecule has 4 N–H and O–H groups in total. The van der Waals surface area contributed by atoms with Gasteiger partial charge in [-0.3, -0.25) is 9.59 Å². The van der Waals surface area contributed by atoms with Gasteiger partial charge < -0.3 is 16.4 Å². The van der Waals surface area contributed by atoms with Crippen LogP contribution in [0.3, 0.4) is 0 Å². The number of hydrogen-bond donors (Lipinski definition) is 3. The average Bonchev–Trinajstić information content (AvgIpc) is 2.50. The van der Waals surface area contributed by atoms with E-state index in [1.165, 1.54) is 5.56 Å². The standard InChI is InChI=1S/C16H25N3O2/c1-4-12-5-7-13(8-6-12)16(11(2)3)19-15(21)10-18-14(20)9-17/h5-8,11,16H,4,9-10,17H2,1-3H3,(H,18,20)(H,19,21). The third kappa shape index (κ3) is 5.55. The van der Waals surface area contributed by atoms with E-state index in [-0.39, 0.29) is 36.9 Å². The van der Waals surface area contributed by atoms with E-state index in [1.807, 2.05) is 12.1 Å². The minimum absolute atomic E-state index is 0.0493. The summed E-state index contributed by atoms with van der Waals surface area (Å²) in [7, 11) is 0. The minimum atomic E-state index is -0.335. The predicted octanol–water partition coefficient (Wildman–Crippen LogP) is 1.14. The zero-order chi connectivity index (χ0) is 15.8. The summed E-state index contributed by atoms with van der Waals surface area (Å²) in [4.78, 5) is 23.0. The van der Waals surface area contributed by atoms with Gasteiger partial charge in [-0.2, -0.15) is 0 Å². The Hall–Kier alpha value is -1.88. The Morgan fingerprint density at radius 2 is 1.76 bits per heavy atom. The van der Waals surface area contributed by atoms with Gasteiger partial charge in [-0.05, 0) is 23.5 Å². The van der Waals surface area contributed by atoms with Crippen molar-refractivity contribution in [3.05, 3.63) is 35.4 Å². The van der Waals surface area contributed by atoms with Crippen LogP contribution in [0.4, 0.5) is 0 Å². The first-order valence-corrected chi connectivity index (χ1v) is 7.32. The summed E-state index contributed by atoms with van der Waals surface area (Å²) >= 11 is 0. The molecule has 0 fully saturated rings. The molecule has 0 spiro atoms. The van der Waals surface area contributed by atoms with E-state index >= 15 is 0 Å². The Kier molecular flexibility index (Phi) is 6.88. The van der Waals surface area contributed by atoms with Gasteiger partial charge in [0, 0.05) is 0 Å². The lowest BCUT2D eigenvalue weighted by atomic mass is 9.95. The Morgan fingerprint density at radius 1 is 1.14 bits per heavy atom. The summed E-state index contributed by atoms with van der Waals surface area (Å²) in [5.74, 6) is -0.291. The maximum atomic E-state index is 11.9. The van der Waals surface area contributed by atoms with Crippen molar-refractivity contribution in [3.8, 4) is 0 Å². The molecule has 0 radical (unpaired) electrons. The highest BCUT2D eigenvalue weighted by atomic mass is 16.2. The highest BCUT2D eigenvalue weighted by Crippen LogP contribution is 2.22. The zero-order valence-electron chi connectivity index (χ0n) is 13.0. The van der Waals surface area contributed by atoms with Crippen LogP contribution in [0.5, 0.6) is 0 Å². The number of benzene rings is 1. The van der Waals surface area contributed by atoms with E-state index in [2.05, 4.69) is 43.5 Å². The van der Waals surface area contributed by atoms with Gasteiger partial charge >= 0.3 is 0 Å². The molecule has 1 atom stereocenters. The molecule has 0 aliphatic carbocycles. The van der Waals surface area contributed by atoms with Crippen molar-refractivity contribution in [2.75, 3.05) is 13.1 Å². The van der Waals surface area contributed by atoms with Gasteiger partial charge in [-0.25, -0.2) is 0 Å². The normalized spacial score (nSPS) is 12.0. The topological polar surface area (TPSA) is 84.2 Å². The fraction of sp³-hybridized carbons (Fsp3) is 0.500. The molecule has 0 aliphatic heterocycles. The van der Waals surface area contributed by atoms with E-state index < -0.39 is 0 Å². The monoisotopic (exact) mass is 291 g/mol. The third-order valence-corrected chi connectivity index (χ3v) is 3.36. The molecule has 21 heavy (non-hydrogen) atoms. The van der Waals surface area contributed by atoms with Gasteiger partial charge in [0.25, 0.3) is 0 Å². The first-order chi connectivity index (χ1) is 9.97. The van der Waals surface area contributed by atoms with Crippen molar-refractivity contribution >= 4 is 11.8 Å².